The maximum atomic E-state index is 12.1. The summed E-state index contributed by atoms with van der Waals surface area (Å²) in [5.41, 5.74) is 7.44. The Balaban J connectivity index is 2.14. The van der Waals surface area contributed by atoms with Crippen LogP contribution in [-0.2, 0) is 0 Å². The lowest BCUT2D eigenvalue weighted by atomic mass is 9.98. The zero-order valence-electron chi connectivity index (χ0n) is 10.6. The highest BCUT2D eigenvalue weighted by atomic mass is 16.1. The molecule has 1 aliphatic rings. The van der Waals surface area contributed by atoms with Gasteiger partial charge in [-0.3, -0.25) is 9.78 Å². The maximum Gasteiger partial charge on any atom is 0.255 e. The molecule has 1 aromatic heterocycles. The number of amides is 1. The number of rotatable bonds is 3. The maximum absolute atomic E-state index is 12.1. The van der Waals surface area contributed by atoms with Crippen LogP contribution in [0.15, 0.2) is 12.3 Å². The normalized spacial score (nSPS) is 15.7. The van der Waals surface area contributed by atoms with Gasteiger partial charge in [0.2, 0.25) is 0 Å². The van der Waals surface area contributed by atoms with Gasteiger partial charge in [0.25, 0.3) is 5.91 Å². The second kappa shape index (κ2) is 4.02. The van der Waals surface area contributed by atoms with Crippen LogP contribution < -0.4 is 11.1 Å². The second-order valence-electron chi connectivity index (χ2n) is 5.36. The van der Waals surface area contributed by atoms with Crippen LogP contribution in [0.2, 0.25) is 0 Å². The van der Waals surface area contributed by atoms with Gasteiger partial charge in [-0.25, -0.2) is 0 Å². The topological polar surface area (TPSA) is 68.0 Å². The van der Waals surface area contributed by atoms with Crippen molar-refractivity contribution in [1.82, 2.24) is 10.3 Å². The number of nitrogens with two attached hydrogens (primary N) is 1. The molecule has 0 spiro atoms. The highest BCUT2D eigenvalue weighted by Gasteiger charge is 2.39. The van der Waals surface area contributed by atoms with E-state index < -0.39 is 0 Å². The molecule has 0 radical (unpaired) electrons. The van der Waals surface area contributed by atoms with Gasteiger partial charge >= 0.3 is 0 Å². The largest absolute Gasteiger partial charge is 0.398 e. The highest BCUT2D eigenvalue weighted by Crippen LogP contribution is 2.39. The summed E-state index contributed by atoms with van der Waals surface area (Å²) in [6, 6.07) is 1.72. The van der Waals surface area contributed by atoms with Crippen LogP contribution in [0.25, 0.3) is 0 Å². The molecule has 1 aliphatic carbocycles. The van der Waals surface area contributed by atoms with Crippen molar-refractivity contribution in [3.05, 3.63) is 23.5 Å². The molecule has 1 amide bonds. The van der Waals surface area contributed by atoms with Crippen molar-refractivity contribution in [1.29, 1.82) is 0 Å². The number of aromatic nitrogens is 1. The minimum Gasteiger partial charge on any atom is -0.398 e. The Morgan fingerprint density at radius 1 is 1.53 bits per heavy atom. The lowest BCUT2D eigenvalue weighted by Crippen LogP contribution is -2.45. The average molecular weight is 233 g/mol. The molecule has 0 unspecified atom stereocenters. The van der Waals surface area contributed by atoms with E-state index in [-0.39, 0.29) is 11.4 Å². The predicted molar refractivity (Wildman–Crippen MR) is 67.7 cm³/mol. The molecule has 4 nitrogen and oxygen atoms in total. The SMILES string of the molecule is Cc1cc(N)c(C(=O)NC(C)(C)C2CC2)cn1. The standard InChI is InChI=1S/C13H19N3O/c1-8-6-11(14)10(7-15-8)12(17)16-13(2,3)9-4-5-9/h6-7,9H,4-5H2,1-3H3,(H2,14,15)(H,16,17). The van der Waals surface area contributed by atoms with Gasteiger partial charge in [0.05, 0.1) is 5.56 Å². The Hall–Kier alpha value is -1.58. The van der Waals surface area contributed by atoms with E-state index in [0.29, 0.717) is 17.2 Å². The fraction of sp³-hybridized carbons (Fsp3) is 0.538. The summed E-state index contributed by atoms with van der Waals surface area (Å²) >= 11 is 0. The molecule has 1 aromatic rings. The van der Waals surface area contributed by atoms with Crippen molar-refractivity contribution in [2.24, 2.45) is 5.92 Å². The Bertz CT molecular complexity index is 450. The summed E-state index contributed by atoms with van der Waals surface area (Å²) in [6.45, 7) is 5.97. The summed E-state index contributed by atoms with van der Waals surface area (Å²) in [6.07, 6.45) is 3.92. The molecule has 1 fully saturated rings. The van der Waals surface area contributed by atoms with E-state index in [1.54, 1.807) is 12.3 Å². The van der Waals surface area contributed by atoms with Gasteiger partial charge in [-0.2, -0.15) is 0 Å². The number of hydrogen-bond donors (Lipinski definition) is 2. The molecule has 3 N–H and O–H groups in total. The van der Waals surface area contributed by atoms with Crippen LogP contribution in [0.5, 0.6) is 0 Å². The van der Waals surface area contributed by atoms with Gasteiger partial charge < -0.3 is 11.1 Å². The molecule has 0 aliphatic heterocycles. The van der Waals surface area contributed by atoms with Crippen LogP contribution in [0, 0.1) is 12.8 Å². The van der Waals surface area contributed by atoms with Gasteiger partial charge in [-0.15, -0.1) is 0 Å². The minimum absolute atomic E-state index is 0.132. The molecule has 17 heavy (non-hydrogen) atoms. The van der Waals surface area contributed by atoms with Crippen molar-refractivity contribution < 1.29 is 4.79 Å². The van der Waals surface area contributed by atoms with Gasteiger partial charge in [0, 0.05) is 23.1 Å². The molecule has 2 rings (SSSR count). The number of anilines is 1. The molecular weight excluding hydrogens is 214 g/mol. The van der Waals surface area contributed by atoms with Gasteiger partial charge in [-0.1, -0.05) is 0 Å². The number of hydrogen-bond acceptors (Lipinski definition) is 3. The van der Waals surface area contributed by atoms with E-state index in [4.69, 9.17) is 5.73 Å². The lowest BCUT2D eigenvalue weighted by Gasteiger charge is -2.26. The van der Waals surface area contributed by atoms with E-state index >= 15 is 0 Å². The van der Waals surface area contributed by atoms with Crippen LogP contribution in [0.1, 0.15) is 42.7 Å². The minimum atomic E-state index is -0.158. The molecule has 1 saturated carbocycles. The van der Waals surface area contributed by atoms with E-state index in [1.165, 1.54) is 12.8 Å². The average Bonchev–Trinajstić information content (AvgIpc) is 2.98. The monoisotopic (exact) mass is 233 g/mol. The number of nitrogens with zero attached hydrogens (tertiary/aromatic N) is 1. The second-order valence-corrected chi connectivity index (χ2v) is 5.36. The number of aryl methyl sites for hydroxylation is 1. The fourth-order valence-electron chi connectivity index (χ4n) is 2.04. The van der Waals surface area contributed by atoms with Crippen molar-refractivity contribution in [2.45, 2.75) is 39.2 Å². The van der Waals surface area contributed by atoms with Crippen LogP contribution in [0.3, 0.4) is 0 Å². The number of nitrogens with one attached hydrogen (secondary N) is 1. The van der Waals surface area contributed by atoms with Crippen LogP contribution in [0.4, 0.5) is 5.69 Å². The first kappa shape index (κ1) is 11.9. The zero-order valence-corrected chi connectivity index (χ0v) is 10.6. The smallest absolute Gasteiger partial charge is 0.255 e. The van der Waals surface area contributed by atoms with Crippen molar-refractivity contribution in [3.8, 4) is 0 Å². The molecular formula is C13H19N3O. The number of pyridine rings is 1. The first-order valence-electron chi connectivity index (χ1n) is 5.95. The molecule has 0 atom stereocenters. The van der Waals surface area contributed by atoms with Crippen molar-refractivity contribution in [2.75, 3.05) is 5.73 Å². The predicted octanol–water partition coefficient (Wildman–Crippen LogP) is 1.89. The Kier molecular flexibility index (Phi) is 2.81. The first-order chi connectivity index (χ1) is 7.90. The van der Waals surface area contributed by atoms with Crippen molar-refractivity contribution >= 4 is 11.6 Å². The first-order valence-corrected chi connectivity index (χ1v) is 5.95. The van der Waals surface area contributed by atoms with E-state index in [9.17, 15) is 4.79 Å². The summed E-state index contributed by atoms with van der Waals surface area (Å²) in [5, 5.41) is 3.04. The summed E-state index contributed by atoms with van der Waals surface area (Å²) in [5.74, 6) is 0.456. The third kappa shape index (κ3) is 2.57. The van der Waals surface area contributed by atoms with Gasteiger partial charge in [0.15, 0.2) is 0 Å². The quantitative estimate of drug-likeness (QED) is 0.837. The van der Waals surface area contributed by atoms with Crippen molar-refractivity contribution in [3.63, 3.8) is 0 Å². The molecule has 0 saturated heterocycles. The fourth-order valence-corrected chi connectivity index (χ4v) is 2.04. The summed E-state index contributed by atoms with van der Waals surface area (Å²) in [4.78, 5) is 16.2. The molecule has 0 aromatic carbocycles. The molecule has 92 valence electrons. The Morgan fingerprint density at radius 3 is 2.71 bits per heavy atom. The molecule has 1 heterocycles. The number of carbonyl (C=O) groups excluding carboxylic acids is 1. The van der Waals surface area contributed by atoms with Gasteiger partial charge in [0.1, 0.15) is 0 Å². The lowest BCUT2D eigenvalue weighted by molar-refractivity contribution is 0.0904. The number of nitrogen functional groups attached to an aromatic ring is 1. The summed E-state index contributed by atoms with van der Waals surface area (Å²) < 4.78 is 0. The molecule has 4 heteroatoms. The zero-order chi connectivity index (χ0) is 12.6. The third-order valence-corrected chi connectivity index (χ3v) is 3.35. The van der Waals surface area contributed by atoms with Gasteiger partial charge in [-0.05, 0) is 45.6 Å². The van der Waals surface area contributed by atoms with E-state index in [0.717, 1.165) is 5.69 Å². The van der Waals surface area contributed by atoms with E-state index in [2.05, 4.69) is 24.1 Å². The Morgan fingerprint density at radius 2 is 2.18 bits per heavy atom. The third-order valence-electron chi connectivity index (χ3n) is 3.35. The summed E-state index contributed by atoms with van der Waals surface area (Å²) in [7, 11) is 0. The Labute approximate surface area is 102 Å². The van der Waals surface area contributed by atoms with E-state index in [1.807, 2.05) is 6.92 Å². The number of carbonyl (C=O) groups is 1. The molecule has 0 bridgehead atoms. The highest BCUT2D eigenvalue weighted by molar-refractivity contribution is 5.99. The van der Waals surface area contributed by atoms with Crippen LogP contribution >= 0.6 is 0 Å². The van der Waals surface area contributed by atoms with Crippen LogP contribution in [-0.4, -0.2) is 16.4 Å².